The molecular weight excluding hydrogens is 350 g/mol. The van der Waals surface area contributed by atoms with E-state index in [4.69, 9.17) is 0 Å². The molecule has 2 N–H and O–H groups in total. The van der Waals surface area contributed by atoms with Crippen molar-refractivity contribution in [3.05, 3.63) is 84.7 Å². The van der Waals surface area contributed by atoms with Gasteiger partial charge in [-0.2, -0.15) is 10.2 Å². The molecule has 2 aromatic carbocycles. The van der Waals surface area contributed by atoms with Gasteiger partial charge in [0.2, 0.25) is 0 Å². The number of hydrogen-bond donors (Lipinski definition) is 2. The smallest absolute Gasteiger partial charge is 0.160 e. The summed E-state index contributed by atoms with van der Waals surface area (Å²) >= 11 is 0. The Kier molecular flexibility index (Phi) is 3.10. The maximum Gasteiger partial charge on any atom is 0.160 e. The second-order valence-electron chi connectivity index (χ2n) is 6.78. The Morgan fingerprint density at radius 1 is 0.964 bits per heavy atom. The number of fused-ring (bicyclic) bond motifs is 2. The quantitative estimate of drug-likeness (QED) is 0.498. The lowest BCUT2D eigenvalue weighted by atomic mass is 9.97. The molecule has 1 unspecified atom stereocenters. The van der Waals surface area contributed by atoms with E-state index < -0.39 is 0 Å². The van der Waals surface area contributed by atoms with E-state index in [0.29, 0.717) is 0 Å². The Labute approximate surface area is 160 Å². The summed E-state index contributed by atoms with van der Waals surface area (Å²) in [6.45, 7) is 0. The molecule has 0 saturated heterocycles. The van der Waals surface area contributed by atoms with Crippen LogP contribution in [0.25, 0.3) is 27.8 Å². The molecule has 0 radical (unpaired) electrons. The van der Waals surface area contributed by atoms with Crippen molar-refractivity contribution < 1.29 is 0 Å². The summed E-state index contributed by atoms with van der Waals surface area (Å²) in [6, 6.07) is 16.7. The number of nitrogens with one attached hydrogen (secondary N) is 2. The molecule has 1 atom stereocenters. The summed E-state index contributed by atoms with van der Waals surface area (Å²) in [5.41, 5.74) is 7.39. The SMILES string of the molecule is c1ccc2c(c1)NC(c1ccc(-n3cncn3)cc1)c1c[nH]c3nncc-2c13. The van der Waals surface area contributed by atoms with Crippen molar-refractivity contribution in [1.82, 2.24) is 29.9 Å². The number of nitrogens with zero attached hydrogens (tertiary/aromatic N) is 5. The first-order chi connectivity index (χ1) is 13.9. The van der Waals surface area contributed by atoms with E-state index >= 15 is 0 Å². The van der Waals surface area contributed by atoms with E-state index in [9.17, 15) is 0 Å². The summed E-state index contributed by atoms with van der Waals surface area (Å²) < 4.78 is 1.75. The van der Waals surface area contributed by atoms with Crippen LogP contribution < -0.4 is 5.32 Å². The summed E-state index contributed by atoms with van der Waals surface area (Å²) in [5.74, 6) is 0. The van der Waals surface area contributed by atoms with Crippen molar-refractivity contribution in [2.45, 2.75) is 6.04 Å². The van der Waals surface area contributed by atoms with Crippen LogP contribution in [0.15, 0.2) is 73.6 Å². The molecule has 4 heterocycles. The van der Waals surface area contributed by atoms with Gasteiger partial charge in [0.25, 0.3) is 0 Å². The zero-order chi connectivity index (χ0) is 18.5. The van der Waals surface area contributed by atoms with Crippen LogP contribution in [0.5, 0.6) is 0 Å². The Morgan fingerprint density at radius 3 is 2.71 bits per heavy atom. The van der Waals surface area contributed by atoms with Crippen molar-refractivity contribution in [1.29, 1.82) is 0 Å². The lowest BCUT2D eigenvalue weighted by Crippen LogP contribution is -2.11. The number of para-hydroxylation sites is 1. The van der Waals surface area contributed by atoms with E-state index in [0.717, 1.165) is 44.7 Å². The van der Waals surface area contributed by atoms with Gasteiger partial charge in [0.05, 0.1) is 17.9 Å². The van der Waals surface area contributed by atoms with Gasteiger partial charge >= 0.3 is 0 Å². The average molecular weight is 365 g/mol. The largest absolute Gasteiger partial charge is 0.374 e. The van der Waals surface area contributed by atoms with E-state index in [1.807, 2.05) is 24.5 Å². The molecule has 6 rings (SSSR count). The molecule has 1 aliphatic heterocycles. The Morgan fingerprint density at radius 2 is 1.86 bits per heavy atom. The molecule has 1 aliphatic rings. The standard InChI is InChI=1S/C21H15N7/c1-2-4-18-15(3-1)16-10-24-27-21-19(16)17(9-23-21)20(26-18)13-5-7-14(8-6-13)28-12-22-11-25-28/h1-12,20,26H,(H,23,27). The molecule has 7 nitrogen and oxygen atoms in total. The number of H-pyrrole nitrogens is 1. The van der Waals surface area contributed by atoms with Crippen molar-refractivity contribution >= 4 is 16.7 Å². The van der Waals surface area contributed by atoms with Gasteiger partial charge in [0.1, 0.15) is 12.7 Å². The van der Waals surface area contributed by atoms with Crippen molar-refractivity contribution in [3.8, 4) is 16.8 Å². The second kappa shape index (κ2) is 5.75. The Hall–Kier alpha value is -4.00. The third-order valence-corrected chi connectivity index (χ3v) is 5.24. The molecule has 0 aliphatic carbocycles. The van der Waals surface area contributed by atoms with Crippen molar-refractivity contribution in [2.75, 3.05) is 5.32 Å². The van der Waals surface area contributed by atoms with Crippen LogP contribution in [0, 0.1) is 0 Å². The van der Waals surface area contributed by atoms with Crippen LogP contribution in [-0.4, -0.2) is 29.9 Å². The molecule has 0 bridgehead atoms. The predicted molar refractivity (Wildman–Crippen MR) is 106 cm³/mol. The van der Waals surface area contributed by atoms with Gasteiger partial charge in [-0.25, -0.2) is 9.67 Å². The highest BCUT2D eigenvalue weighted by molar-refractivity contribution is 6.00. The van der Waals surface area contributed by atoms with E-state index in [2.05, 4.69) is 67.0 Å². The zero-order valence-corrected chi connectivity index (χ0v) is 14.7. The fourth-order valence-corrected chi connectivity index (χ4v) is 3.93. The third kappa shape index (κ3) is 2.16. The fraction of sp³-hybridized carbons (Fsp3) is 0.0476. The highest BCUT2D eigenvalue weighted by Crippen LogP contribution is 2.43. The minimum Gasteiger partial charge on any atom is -0.374 e. The molecule has 0 saturated carbocycles. The molecular formula is C21H15N7. The summed E-state index contributed by atoms with van der Waals surface area (Å²) in [5, 5.41) is 17.5. The minimum atomic E-state index is -0.00912. The highest BCUT2D eigenvalue weighted by Gasteiger charge is 2.26. The number of aromatic amines is 1. The number of benzene rings is 2. The van der Waals surface area contributed by atoms with E-state index in [1.54, 1.807) is 11.0 Å². The summed E-state index contributed by atoms with van der Waals surface area (Å²) in [6.07, 6.45) is 7.10. The van der Waals surface area contributed by atoms with Gasteiger partial charge in [0.15, 0.2) is 5.65 Å². The van der Waals surface area contributed by atoms with Crippen LogP contribution in [0.2, 0.25) is 0 Å². The number of anilines is 1. The summed E-state index contributed by atoms with van der Waals surface area (Å²) in [7, 11) is 0. The number of hydrogen-bond acceptors (Lipinski definition) is 5. The average Bonchev–Trinajstić information content (AvgIpc) is 3.40. The van der Waals surface area contributed by atoms with Crippen molar-refractivity contribution in [3.63, 3.8) is 0 Å². The van der Waals surface area contributed by atoms with Gasteiger partial charge in [0, 0.05) is 34.0 Å². The lowest BCUT2D eigenvalue weighted by molar-refractivity contribution is 0.874. The molecule has 7 heteroatoms. The number of aromatic nitrogens is 6. The Balaban J connectivity index is 1.54. The van der Waals surface area contributed by atoms with E-state index in [-0.39, 0.29) is 6.04 Å². The second-order valence-corrected chi connectivity index (χ2v) is 6.78. The first-order valence-electron chi connectivity index (χ1n) is 9.02. The van der Waals surface area contributed by atoms with Gasteiger partial charge in [-0.15, -0.1) is 5.10 Å². The molecule has 0 amide bonds. The molecule has 134 valence electrons. The van der Waals surface area contributed by atoms with Crippen LogP contribution in [0.3, 0.4) is 0 Å². The van der Waals surface area contributed by atoms with Crippen LogP contribution in [0.4, 0.5) is 5.69 Å². The maximum absolute atomic E-state index is 4.28. The van der Waals surface area contributed by atoms with Gasteiger partial charge in [-0.3, -0.25) is 0 Å². The normalized spacial score (nSPS) is 15.1. The topological polar surface area (TPSA) is 84.3 Å². The molecule has 28 heavy (non-hydrogen) atoms. The first kappa shape index (κ1) is 15.1. The van der Waals surface area contributed by atoms with Gasteiger partial charge in [-0.05, 0) is 23.8 Å². The first-order valence-corrected chi connectivity index (χ1v) is 9.02. The summed E-state index contributed by atoms with van der Waals surface area (Å²) in [4.78, 5) is 7.29. The lowest BCUT2D eigenvalue weighted by Gasteiger charge is -2.19. The highest BCUT2D eigenvalue weighted by atomic mass is 15.3. The molecule has 3 aromatic heterocycles. The van der Waals surface area contributed by atoms with Crippen LogP contribution in [-0.2, 0) is 0 Å². The Bertz CT molecular complexity index is 1290. The maximum atomic E-state index is 4.28. The third-order valence-electron chi connectivity index (χ3n) is 5.24. The molecule has 0 spiro atoms. The predicted octanol–water partition coefficient (Wildman–Crippen LogP) is 3.72. The van der Waals surface area contributed by atoms with Crippen molar-refractivity contribution in [2.24, 2.45) is 0 Å². The molecule has 0 fully saturated rings. The van der Waals surface area contributed by atoms with Crippen LogP contribution >= 0.6 is 0 Å². The monoisotopic (exact) mass is 365 g/mol. The van der Waals surface area contributed by atoms with E-state index in [1.165, 1.54) is 6.33 Å². The minimum absolute atomic E-state index is 0.00912. The molecule has 5 aromatic rings. The number of rotatable bonds is 2. The van der Waals surface area contributed by atoms with Gasteiger partial charge < -0.3 is 10.3 Å². The zero-order valence-electron chi connectivity index (χ0n) is 14.7. The van der Waals surface area contributed by atoms with Crippen LogP contribution in [0.1, 0.15) is 17.2 Å². The van der Waals surface area contributed by atoms with Gasteiger partial charge in [-0.1, -0.05) is 30.3 Å². The fourth-order valence-electron chi connectivity index (χ4n) is 3.93.